The van der Waals surface area contributed by atoms with Gasteiger partial charge in [0, 0.05) is 19.2 Å². The number of likely N-dealkylation sites (tertiary alicyclic amines) is 1. The summed E-state index contributed by atoms with van der Waals surface area (Å²) in [5.74, 6) is -0.211. The number of hydrogen-bond donors (Lipinski definition) is 1. The van der Waals surface area contributed by atoms with Crippen LogP contribution in [0.1, 0.15) is 31.2 Å². The second-order valence-electron chi connectivity index (χ2n) is 5.05. The normalized spacial score (nSPS) is 19.5. The molecule has 1 amide bonds. The van der Waals surface area contributed by atoms with Crippen molar-refractivity contribution in [3.63, 3.8) is 0 Å². The molecule has 1 fully saturated rings. The number of hydrogen-bond acceptors (Lipinski definition) is 2. The van der Waals surface area contributed by atoms with Crippen molar-refractivity contribution in [2.24, 2.45) is 0 Å². The van der Waals surface area contributed by atoms with E-state index in [0.717, 1.165) is 31.4 Å². The fourth-order valence-electron chi connectivity index (χ4n) is 2.66. The molecule has 1 aromatic carbocycles. The molecule has 1 N–H and O–H groups in total. The second kappa shape index (κ2) is 6.66. The Morgan fingerprint density at radius 2 is 2.05 bits per heavy atom. The van der Waals surface area contributed by atoms with E-state index in [9.17, 15) is 9.18 Å². The molecule has 0 spiro atoms. The summed E-state index contributed by atoms with van der Waals surface area (Å²) in [6, 6.07) is 6.22. The second-order valence-corrected chi connectivity index (χ2v) is 5.05. The maximum absolute atomic E-state index is 12.8. The van der Waals surface area contributed by atoms with Crippen molar-refractivity contribution in [2.75, 3.05) is 13.2 Å². The van der Waals surface area contributed by atoms with Crippen molar-refractivity contribution < 1.29 is 14.3 Å². The lowest BCUT2D eigenvalue weighted by molar-refractivity contribution is -0.134. The quantitative estimate of drug-likeness (QED) is 0.906. The van der Waals surface area contributed by atoms with E-state index in [1.54, 1.807) is 12.1 Å². The Bertz CT molecular complexity index is 417. The largest absolute Gasteiger partial charge is 0.396 e. The molecule has 0 saturated carbocycles. The fraction of sp³-hybridized carbons (Fsp3) is 0.533. The van der Waals surface area contributed by atoms with Crippen LogP contribution in [0.4, 0.5) is 4.39 Å². The zero-order chi connectivity index (χ0) is 13.7. The Kier molecular flexibility index (Phi) is 4.91. The lowest BCUT2D eigenvalue weighted by Gasteiger charge is -2.35. The van der Waals surface area contributed by atoms with E-state index in [-0.39, 0.29) is 24.4 Å². The number of piperidine rings is 1. The number of carbonyl (C=O) groups is 1. The molecular weight excluding hydrogens is 245 g/mol. The van der Waals surface area contributed by atoms with Crippen molar-refractivity contribution in [1.29, 1.82) is 0 Å². The summed E-state index contributed by atoms with van der Waals surface area (Å²) in [7, 11) is 0. The summed E-state index contributed by atoms with van der Waals surface area (Å²) in [6.07, 6.45) is 4.06. The first-order valence-electron chi connectivity index (χ1n) is 6.85. The van der Waals surface area contributed by atoms with E-state index in [4.69, 9.17) is 5.11 Å². The summed E-state index contributed by atoms with van der Waals surface area (Å²) in [5, 5.41) is 9.06. The van der Waals surface area contributed by atoms with Gasteiger partial charge in [-0.1, -0.05) is 12.1 Å². The smallest absolute Gasteiger partial charge is 0.227 e. The molecule has 2 rings (SSSR count). The molecule has 1 atom stereocenters. The summed E-state index contributed by atoms with van der Waals surface area (Å²) in [4.78, 5) is 14.2. The van der Waals surface area contributed by atoms with Gasteiger partial charge in [-0.3, -0.25) is 4.79 Å². The van der Waals surface area contributed by atoms with Crippen LogP contribution in [0.5, 0.6) is 0 Å². The number of benzene rings is 1. The number of carbonyl (C=O) groups excluding carboxylic acids is 1. The molecule has 0 aromatic heterocycles. The third kappa shape index (κ3) is 3.77. The van der Waals surface area contributed by atoms with Gasteiger partial charge in [-0.05, 0) is 43.4 Å². The monoisotopic (exact) mass is 265 g/mol. The minimum Gasteiger partial charge on any atom is -0.396 e. The van der Waals surface area contributed by atoms with Crippen LogP contribution in [0.25, 0.3) is 0 Å². The molecule has 1 aromatic rings. The van der Waals surface area contributed by atoms with Crippen LogP contribution in [-0.4, -0.2) is 35.1 Å². The van der Waals surface area contributed by atoms with Crippen LogP contribution in [0, 0.1) is 5.82 Å². The summed E-state index contributed by atoms with van der Waals surface area (Å²) >= 11 is 0. The molecule has 1 aliphatic rings. The topological polar surface area (TPSA) is 40.5 Å². The molecule has 1 unspecified atom stereocenters. The van der Waals surface area contributed by atoms with Gasteiger partial charge in [0.1, 0.15) is 5.82 Å². The van der Waals surface area contributed by atoms with Crippen molar-refractivity contribution in [2.45, 2.75) is 38.1 Å². The zero-order valence-corrected chi connectivity index (χ0v) is 11.0. The van der Waals surface area contributed by atoms with Gasteiger partial charge in [-0.25, -0.2) is 4.39 Å². The number of amides is 1. The first-order chi connectivity index (χ1) is 9.20. The Balaban J connectivity index is 1.99. The highest BCUT2D eigenvalue weighted by atomic mass is 19.1. The molecule has 3 nitrogen and oxygen atoms in total. The predicted molar refractivity (Wildman–Crippen MR) is 71.2 cm³/mol. The van der Waals surface area contributed by atoms with E-state index < -0.39 is 0 Å². The van der Waals surface area contributed by atoms with Crippen LogP contribution in [0.3, 0.4) is 0 Å². The molecule has 1 aliphatic heterocycles. The summed E-state index contributed by atoms with van der Waals surface area (Å²) in [6.45, 7) is 0.885. The lowest BCUT2D eigenvalue weighted by Crippen LogP contribution is -2.44. The third-order valence-corrected chi connectivity index (χ3v) is 3.68. The highest BCUT2D eigenvalue weighted by molar-refractivity contribution is 5.79. The SMILES string of the molecule is O=C(Cc1ccc(F)cc1)N1CCCCC1CCO. The molecule has 0 bridgehead atoms. The fourth-order valence-corrected chi connectivity index (χ4v) is 2.66. The number of nitrogens with zero attached hydrogens (tertiary/aromatic N) is 1. The number of aliphatic hydroxyl groups excluding tert-OH is 1. The van der Waals surface area contributed by atoms with Gasteiger partial charge in [0.15, 0.2) is 0 Å². The van der Waals surface area contributed by atoms with E-state index in [2.05, 4.69) is 0 Å². The minimum absolute atomic E-state index is 0.0739. The minimum atomic E-state index is -0.285. The Morgan fingerprint density at radius 3 is 2.74 bits per heavy atom. The van der Waals surface area contributed by atoms with E-state index in [1.807, 2.05) is 4.90 Å². The highest BCUT2D eigenvalue weighted by Gasteiger charge is 2.25. The van der Waals surface area contributed by atoms with Crippen molar-refractivity contribution in [1.82, 2.24) is 4.90 Å². The molecule has 0 aliphatic carbocycles. The average molecular weight is 265 g/mol. The Morgan fingerprint density at radius 1 is 1.32 bits per heavy atom. The Labute approximate surface area is 113 Å². The highest BCUT2D eigenvalue weighted by Crippen LogP contribution is 2.20. The molecule has 4 heteroatoms. The first-order valence-corrected chi connectivity index (χ1v) is 6.85. The van der Waals surface area contributed by atoms with E-state index in [0.29, 0.717) is 12.8 Å². The standard InChI is InChI=1S/C15H20FNO2/c16-13-6-4-12(5-7-13)11-15(19)17-9-2-1-3-14(17)8-10-18/h4-7,14,18H,1-3,8-11H2. The Hall–Kier alpha value is -1.42. The van der Waals surface area contributed by atoms with Gasteiger partial charge in [0.05, 0.1) is 6.42 Å². The van der Waals surface area contributed by atoms with Crippen LogP contribution in [-0.2, 0) is 11.2 Å². The molecule has 19 heavy (non-hydrogen) atoms. The predicted octanol–water partition coefficient (Wildman–Crippen LogP) is 2.13. The van der Waals surface area contributed by atoms with Crippen LogP contribution < -0.4 is 0 Å². The van der Waals surface area contributed by atoms with Crippen molar-refractivity contribution >= 4 is 5.91 Å². The molecule has 104 valence electrons. The van der Waals surface area contributed by atoms with Crippen molar-refractivity contribution in [3.05, 3.63) is 35.6 Å². The maximum atomic E-state index is 12.8. The van der Waals surface area contributed by atoms with Gasteiger partial charge in [-0.15, -0.1) is 0 Å². The van der Waals surface area contributed by atoms with Gasteiger partial charge in [0.2, 0.25) is 5.91 Å². The average Bonchev–Trinajstić information content (AvgIpc) is 2.42. The molecule has 0 radical (unpaired) electrons. The van der Waals surface area contributed by atoms with Gasteiger partial charge in [0.25, 0.3) is 0 Å². The van der Waals surface area contributed by atoms with E-state index >= 15 is 0 Å². The maximum Gasteiger partial charge on any atom is 0.227 e. The van der Waals surface area contributed by atoms with Gasteiger partial charge < -0.3 is 10.0 Å². The van der Waals surface area contributed by atoms with Crippen LogP contribution >= 0.6 is 0 Å². The van der Waals surface area contributed by atoms with Crippen molar-refractivity contribution in [3.8, 4) is 0 Å². The zero-order valence-electron chi connectivity index (χ0n) is 11.0. The number of rotatable bonds is 4. The van der Waals surface area contributed by atoms with Crippen LogP contribution in [0.2, 0.25) is 0 Å². The van der Waals surface area contributed by atoms with Gasteiger partial charge in [-0.2, -0.15) is 0 Å². The summed E-state index contributed by atoms with van der Waals surface area (Å²) in [5.41, 5.74) is 0.833. The molecular formula is C15H20FNO2. The first kappa shape index (κ1) is 14.0. The number of halogens is 1. The molecule has 1 heterocycles. The summed E-state index contributed by atoms with van der Waals surface area (Å²) < 4.78 is 12.8. The van der Waals surface area contributed by atoms with Gasteiger partial charge >= 0.3 is 0 Å². The molecule has 1 saturated heterocycles. The lowest BCUT2D eigenvalue weighted by atomic mass is 9.98. The number of aliphatic hydroxyl groups is 1. The third-order valence-electron chi connectivity index (χ3n) is 3.68. The van der Waals surface area contributed by atoms with E-state index in [1.165, 1.54) is 12.1 Å². The van der Waals surface area contributed by atoms with Crippen LogP contribution in [0.15, 0.2) is 24.3 Å².